The van der Waals surface area contributed by atoms with Crippen LogP contribution in [0.4, 0.5) is 0 Å². The minimum absolute atomic E-state index is 0.335. The third-order valence-electron chi connectivity index (χ3n) is 1.89. The van der Waals surface area contributed by atoms with Gasteiger partial charge in [-0.3, -0.25) is 0 Å². The highest BCUT2D eigenvalue weighted by molar-refractivity contribution is 5.57. The summed E-state index contributed by atoms with van der Waals surface area (Å²) in [7, 11) is 0. The van der Waals surface area contributed by atoms with Gasteiger partial charge in [-0.2, -0.15) is 0 Å². The summed E-state index contributed by atoms with van der Waals surface area (Å²) in [6, 6.07) is 0. The highest BCUT2D eigenvalue weighted by Gasteiger charge is 2.41. The van der Waals surface area contributed by atoms with E-state index in [-0.39, 0.29) is 6.61 Å². The molecule has 13 heavy (non-hydrogen) atoms. The smallest absolute Gasteiger partial charge is 0.164 e. The first kappa shape index (κ1) is 10.6. The molecule has 0 amide bonds. The van der Waals surface area contributed by atoms with Crippen LogP contribution in [0.25, 0.3) is 0 Å². The Labute approximate surface area is 76.3 Å². The van der Waals surface area contributed by atoms with Crippen LogP contribution in [0.15, 0.2) is 0 Å². The zero-order chi connectivity index (χ0) is 10.1. The van der Waals surface area contributed by atoms with Crippen molar-refractivity contribution in [2.24, 2.45) is 0 Å². The largest absolute Gasteiger partial charge is 0.394 e. The summed E-state index contributed by atoms with van der Waals surface area (Å²) in [5.74, 6) is -0.946. The maximum atomic E-state index is 10.5. The molecule has 76 valence electrons. The van der Waals surface area contributed by atoms with Crippen LogP contribution in [0.5, 0.6) is 0 Å². The van der Waals surface area contributed by atoms with Gasteiger partial charge in [0.25, 0.3) is 0 Å². The molecule has 1 rings (SSSR count). The van der Waals surface area contributed by atoms with E-state index in [1.54, 1.807) is 13.8 Å². The van der Waals surface area contributed by atoms with Crippen molar-refractivity contribution in [1.29, 1.82) is 0 Å². The molecule has 0 bridgehead atoms. The van der Waals surface area contributed by atoms with Gasteiger partial charge in [0.2, 0.25) is 0 Å². The molecule has 1 heterocycles. The van der Waals surface area contributed by atoms with E-state index in [2.05, 4.69) is 0 Å². The van der Waals surface area contributed by atoms with Gasteiger partial charge in [-0.25, -0.2) is 0 Å². The predicted octanol–water partition coefficient (Wildman–Crippen LogP) is -0.941. The molecule has 5 heteroatoms. The first-order valence-corrected chi connectivity index (χ1v) is 4.10. The zero-order valence-electron chi connectivity index (χ0n) is 7.64. The quantitative estimate of drug-likeness (QED) is 0.549. The molecule has 0 aromatic heterocycles. The maximum absolute atomic E-state index is 10.5. The van der Waals surface area contributed by atoms with Crippen molar-refractivity contribution < 1.29 is 24.5 Å². The predicted molar refractivity (Wildman–Crippen MR) is 43.0 cm³/mol. The lowest BCUT2D eigenvalue weighted by atomic mass is 10.1. The normalized spacial score (nSPS) is 38.6. The number of hydrogen-bond acceptors (Lipinski definition) is 5. The van der Waals surface area contributed by atoms with Crippen molar-refractivity contribution in [3.63, 3.8) is 0 Å². The lowest BCUT2D eigenvalue weighted by molar-refractivity contribution is -0.326. The molecule has 3 unspecified atom stereocenters. The second kappa shape index (κ2) is 3.71. The van der Waals surface area contributed by atoms with Gasteiger partial charge in [-0.05, 0) is 13.8 Å². The molecule has 1 aliphatic rings. The Kier molecular flexibility index (Phi) is 3.02. The Morgan fingerprint density at radius 1 is 1.46 bits per heavy atom. The number of carbonyl (C=O) groups is 1. The van der Waals surface area contributed by atoms with Gasteiger partial charge in [0.1, 0.15) is 18.3 Å². The number of aliphatic hydroxyl groups excluding tert-OH is 2. The second-order valence-electron chi connectivity index (χ2n) is 3.45. The third kappa shape index (κ3) is 2.25. The number of aldehydes is 1. The maximum Gasteiger partial charge on any atom is 0.164 e. The minimum Gasteiger partial charge on any atom is -0.394 e. The Morgan fingerprint density at radius 2 is 2.08 bits per heavy atom. The van der Waals surface area contributed by atoms with Crippen molar-refractivity contribution in [3.05, 3.63) is 0 Å². The molecular formula is C8H14O5. The molecule has 1 saturated heterocycles. The summed E-state index contributed by atoms with van der Waals surface area (Å²) in [6.07, 6.45) is -2.28. The van der Waals surface area contributed by atoms with Crippen molar-refractivity contribution >= 4 is 6.29 Å². The molecule has 0 aliphatic carbocycles. The highest BCUT2D eigenvalue weighted by atomic mass is 16.7. The van der Waals surface area contributed by atoms with E-state index in [9.17, 15) is 9.90 Å². The van der Waals surface area contributed by atoms with Gasteiger partial charge >= 0.3 is 0 Å². The number of aliphatic hydroxyl groups is 2. The van der Waals surface area contributed by atoms with Gasteiger partial charge < -0.3 is 24.5 Å². The molecule has 0 aromatic carbocycles. The summed E-state index contributed by atoms with van der Waals surface area (Å²) < 4.78 is 10.3. The van der Waals surface area contributed by atoms with Gasteiger partial charge in [0, 0.05) is 0 Å². The molecule has 0 aromatic rings. The van der Waals surface area contributed by atoms with Crippen molar-refractivity contribution in [2.45, 2.75) is 37.9 Å². The molecule has 0 spiro atoms. The summed E-state index contributed by atoms with van der Waals surface area (Å²) >= 11 is 0. The second-order valence-corrected chi connectivity index (χ2v) is 3.45. The summed E-state index contributed by atoms with van der Waals surface area (Å²) in [4.78, 5) is 10.5. The molecule has 5 nitrogen and oxygen atoms in total. The topological polar surface area (TPSA) is 76.0 Å². The number of hydrogen-bond donors (Lipinski definition) is 2. The number of carbonyl (C=O) groups excluding carboxylic acids is 1. The molecule has 0 radical (unpaired) electrons. The first-order chi connectivity index (χ1) is 6.00. The van der Waals surface area contributed by atoms with Gasteiger partial charge in [0.05, 0.1) is 6.61 Å². The van der Waals surface area contributed by atoms with E-state index in [0.717, 1.165) is 0 Å². The van der Waals surface area contributed by atoms with Crippen LogP contribution >= 0.6 is 0 Å². The lowest BCUT2D eigenvalue weighted by Gasteiger charge is -2.41. The van der Waals surface area contributed by atoms with Crippen LogP contribution in [-0.4, -0.2) is 47.2 Å². The molecule has 2 N–H and O–H groups in total. The van der Waals surface area contributed by atoms with Crippen LogP contribution in [-0.2, 0) is 14.3 Å². The molecular weight excluding hydrogens is 176 g/mol. The fraction of sp³-hybridized carbons (Fsp3) is 0.875. The summed E-state index contributed by atoms with van der Waals surface area (Å²) in [6.45, 7) is 2.91. The lowest BCUT2D eigenvalue weighted by Crippen LogP contribution is -2.56. The van der Waals surface area contributed by atoms with Crippen molar-refractivity contribution in [1.82, 2.24) is 0 Å². The van der Waals surface area contributed by atoms with Crippen molar-refractivity contribution in [3.8, 4) is 0 Å². The van der Waals surface area contributed by atoms with E-state index in [4.69, 9.17) is 14.6 Å². The minimum atomic E-state index is -1.10. The first-order valence-electron chi connectivity index (χ1n) is 4.10. The fourth-order valence-corrected chi connectivity index (χ4v) is 1.32. The van der Waals surface area contributed by atoms with E-state index in [1.165, 1.54) is 0 Å². The standard InChI is InChI=1S/C8H14O5/c1-8(2)12-5(3-9)7(11)6(4-10)13-8/h3,5-7,10-11H,4H2,1-2H3. The Balaban J connectivity index is 2.74. The highest BCUT2D eigenvalue weighted by Crippen LogP contribution is 2.25. The average Bonchev–Trinajstić information content (AvgIpc) is 2.08. The number of rotatable bonds is 2. The van der Waals surface area contributed by atoms with Crippen LogP contribution in [0, 0.1) is 0 Å². The van der Waals surface area contributed by atoms with Crippen LogP contribution < -0.4 is 0 Å². The molecule has 1 fully saturated rings. The Hall–Kier alpha value is -0.490. The van der Waals surface area contributed by atoms with Gasteiger partial charge in [-0.15, -0.1) is 0 Å². The zero-order valence-corrected chi connectivity index (χ0v) is 7.64. The van der Waals surface area contributed by atoms with Gasteiger partial charge in [-0.1, -0.05) is 0 Å². The number of ether oxygens (including phenoxy) is 2. The summed E-state index contributed by atoms with van der Waals surface area (Å²) in [5.41, 5.74) is 0. The fourth-order valence-electron chi connectivity index (χ4n) is 1.32. The Morgan fingerprint density at radius 3 is 2.54 bits per heavy atom. The molecule has 1 aliphatic heterocycles. The van der Waals surface area contributed by atoms with Crippen LogP contribution in [0.1, 0.15) is 13.8 Å². The Bertz CT molecular complexity index is 191. The summed E-state index contributed by atoms with van der Waals surface area (Å²) in [5, 5.41) is 18.3. The SMILES string of the molecule is CC1(C)OC(C=O)C(O)C(CO)O1. The van der Waals surface area contributed by atoms with Crippen molar-refractivity contribution in [2.75, 3.05) is 6.61 Å². The third-order valence-corrected chi connectivity index (χ3v) is 1.89. The average molecular weight is 190 g/mol. The van der Waals surface area contributed by atoms with E-state index < -0.39 is 24.1 Å². The molecule has 3 atom stereocenters. The molecule has 0 saturated carbocycles. The monoisotopic (exact) mass is 190 g/mol. The van der Waals surface area contributed by atoms with Crippen LogP contribution in [0.2, 0.25) is 0 Å². The van der Waals surface area contributed by atoms with E-state index >= 15 is 0 Å². The van der Waals surface area contributed by atoms with Crippen LogP contribution in [0.3, 0.4) is 0 Å². The van der Waals surface area contributed by atoms with E-state index in [0.29, 0.717) is 6.29 Å². The van der Waals surface area contributed by atoms with Gasteiger partial charge in [0.15, 0.2) is 12.1 Å². The van der Waals surface area contributed by atoms with E-state index in [1.807, 2.05) is 0 Å².